The molecule has 2 aliphatic heterocycles. The number of rotatable bonds is 6. The second kappa shape index (κ2) is 8.40. The molecule has 0 radical (unpaired) electrons. The first-order valence-corrected chi connectivity index (χ1v) is 10.9. The lowest BCUT2D eigenvalue weighted by Crippen LogP contribution is -2.47. The monoisotopic (exact) mass is 475 g/mol. The SMILES string of the molecule is CC(C)(C)OOC1(OC2CCCO2)C(=O)N(Cc2ccccc2)c2ccc(Br)cc21. The van der Waals surface area contributed by atoms with Crippen molar-refractivity contribution in [3.63, 3.8) is 0 Å². The van der Waals surface area contributed by atoms with Crippen molar-refractivity contribution in [1.29, 1.82) is 0 Å². The van der Waals surface area contributed by atoms with Crippen LogP contribution >= 0.6 is 15.9 Å². The molecule has 2 aliphatic rings. The zero-order valence-electron chi connectivity index (χ0n) is 17.4. The van der Waals surface area contributed by atoms with E-state index >= 15 is 0 Å². The number of anilines is 1. The van der Waals surface area contributed by atoms with E-state index in [2.05, 4.69) is 15.9 Å². The van der Waals surface area contributed by atoms with E-state index in [1.807, 2.05) is 69.3 Å². The first kappa shape index (κ1) is 21.5. The first-order valence-electron chi connectivity index (χ1n) is 10.1. The van der Waals surface area contributed by atoms with Crippen LogP contribution in [0.3, 0.4) is 0 Å². The van der Waals surface area contributed by atoms with Gasteiger partial charge in [0.15, 0.2) is 6.29 Å². The van der Waals surface area contributed by atoms with Gasteiger partial charge in [0.05, 0.1) is 17.8 Å². The highest BCUT2D eigenvalue weighted by molar-refractivity contribution is 9.10. The summed E-state index contributed by atoms with van der Waals surface area (Å²) in [5, 5.41) is 0. The van der Waals surface area contributed by atoms with E-state index in [0.717, 1.165) is 22.1 Å². The van der Waals surface area contributed by atoms with Gasteiger partial charge in [-0.15, -0.1) is 0 Å². The Morgan fingerprint density at radius 1 is 1.20 bits per heavy atom. The maximum Gasteiger partial charge on any atom is 0.312 e. The van der Waals surface area contributed by atoms with Crippen LogP contribution in [0.1, 0.15) is 44.7 Å². The summed E-state index contributed by atoms with van der Waals surface area (Å²) in [5.41, 5.74) is 1.69. The van der Waals surface area contributed by atoms with E-state index in [1.165, 1.54) is 0 Å². The molecule has 0 saturated carbocycles. The summed E-state index contributed by atoms with van der Waals surface area (Å²) in [5.74, 6) is -2.07. The molecule has 0 bridgehead atoms. The van der Waals surface area contributed by atoms with Gasteiger partial charge in [-0.3, -0.25) is 4.79 Å². The summed E-state index contributed by atoms with van der Waals surface area (Å²) in [6.45, 7) is 6.55. The molecule has 2 unspecified atom stereocenters. The fourth-order valence-electron chi connectivity index (χ4n) is 3.56. The number of carbonyl (C=O) groups excluding carboxylic acids is 1. The zero-order valence-corrected chi connectivity index (χ0v) is 19.0. The van der Waals surface area contributed by atoms with Crippen molar-refractivity contribution in [3.8, 4) is 0 Å². The number of ether oxygens (including phenoxy) is 2. The highest BCUT2D eigenvalue weighted by atomic mass is 79.9. The van der Waals surface area contributed by atoms with Gasteiger partial charge >= 0.3 is 5.79 Å². The molecule has 0 N–H and O–H groups in total. The molecule has 1 fully saturated rings. The van der Waals surface area contributed by atoms with Crippen LogP contribution in [0.5, 0.6) is 0 Å². The summed E-state index contributed by atoms with van der Waals surface area (Å²) in [7, 11) is 0. The Balaban J connectivity index is 1.77. The van der Waals surface area contributed by atoms with Gasteiger partial charge in [0.1, 0.15) is 0 Å². The van der Waals surface area contributed by atoms with Crippen molar-refractivity contribution in [2.24, 2.45) is 0 Å². The average Bonchev–Trinajstić information content (AvgIpc) is 3.28. The lowest BCUT2D eigenvalue weighted by atomic mass is 10.1. The van der Waals surface area contributed by atoms with Crippen LogP contribution in [-0.4, -0.2) is 24.4 Å². The summed E-state index contributed by atoms with van der Waals surface area (Å²) < 4.78 is 12.7. The number of fused-ring (bicyclic) bond motifs is 1. The normalized spacial score (nSPS) is 23.8. The van der Waals surface area contributed by atoms with Gasteiger partial charge in [0.25, 0.3) is 5.91 Å². The molecule has 2 atom stereocenters. The van der Waals surface area contributed by atoms with Gasteiger partial charge in [0.2, 0.25) is 0 Å². The minimum Gasteiger partial charge on any atom is -0.352 e. The molecule has 160 valence electrons. The number of hydrogen-bond acceptors (Lipinski definition) is 5. The smallest absolute Gasteiger partial charge is 0.312 e. The minimum atomic E-state index is -1.74. The first-order chi connectivity index (χ1) is 14.3. The van der Waals surface area contributed by atoms with E-state index < -0.39 is 17.7 Å². The van der Waals surface area contributed by atoms with Gasteiger partial charge < -0.3 is 14.4 Å². The second-order valence-electron chi connectivity index (χ2n) is 8.49. The van der Waals surface area contributed by atoms with Crippen LogP contribution in [0.15, 0.2) is 53.0 Å². The van der Waals surface area contributed by atoms with Crippen molar-refractivity contribution < 1.29 is 24.0 Å². The molecular formula is C23H26BrNO5. The summed E-state index contributed by atoms with van der Waals surface area (Å²) >= 11 is 3.51. The Morgan fingerprint density at radius 3 is 2.63 bits per heavy atom. The average molecular weight is 476 g/mol. The molecule has 7 heteroatoms. The number of halogens is 1. The van der Waals surface area contributed by atoms with Crippen molar-refractivity contribution >= 4 is 27.5 Å². The predicted octanol–water partition coefficient (Wildman–Crippen LogP) is 5.05. The third-order valence-corrected chi connectivity index (χ3v) is 5.40. The highest BCUT2D eigenvalue weighted by Gasteiger charge is 2.57. The maximum atomic E-state index is 13.8. The third kappa shape index (κ3) is 4.31. The van der Waals surface area contributed by atoms with E-state index in [0.29, 0.717) is 25.1 Å². The highest BCUT2D eigenvalue weighted by Crippen LogP contribution is 2.47. The molecule has 1 saturated heterocycles. The topological polar surface area (TPSA) is 57.2 Å². The van der Waals surface area contributed by atoms with Crippen molar-refractivity contribution in [2.45, 2.75) is 57.8 Å². The quantitative estimate of drug-likeness (QED) is 0.332. The van der Waals surface area contributed by atoms with E-state index in [4.69, 9.17) is 19.2 Å². The number of amides is 1. The van der Waals surface area contributed by atoms with Crippen LogP contribution in [0.25, 0.3) is 0 Å². The molecule has 6 nitrogen and oxygen atoms in total. The van der Waals surface area contributed by atoms with Crippen molar-refractivity contribution in [2.75, 3.05) is 11.5 Å². The van der Waals surface area contributed by atoms with Crippen LogP contribution in [0.2, 0.25) is 0 Å². The van der Waals surface area contributed by atoms with Crippen molar-refractivity contribution in [3.05, 3.63) is 64.1 Å². The minimum absolute atomic E-state index is 0.334. The van der Waals surface area contributed by atoms with Crippen LogP contribution in [-0.2, 0) is 36.4 Å². The third-order valence-electron chi connectivity index (χ3n) is 4.91. The Kier molecular flexibility index (Phi) is 6.01. The fourth-order valence-corrected chi connectivity index (χ4v) is 3.92. The molecule has 2 heterocycles. The Morgan fingerprint density at radius 2 is 1.97 bits per heavy atom. The standard InChI is InChI=1S/C23H26BrNO5/c1-22(2,3)29-30-23(28-20-10-7-13-27-20)18-14-17(24)11-12-19(18)25(21(23)26)15-16-8-5-4-6-9-16/h4-6,8-9,11-12,14,20H,7,10,13,15H2,1-3H3. The molecule has 0 aromatic heterocycles. The van der Waals surface area contributed by atoms with Gasteiger partial charge in [-0.25, -0.2) is 4.89 Å². The van der Waals surface area contributed by atoms with Crippen LogP contribution in [0.4, 0.5) is 5.69 Å². The zero-order chi connectivity index (χ0) is 21.4. The maximum absolute atomic E-state index is 13.8. The molecule has 30 heavy (non-hydrogen) atoms. The molecule has 0 spiro atoms. The van der Waals surface area contributed by atoms with Crippen LogP contribution < -0.4 is 4.90 Å². The Bertz CT molecular complexity index is 908. The Hall–Kier alpha value is -1.77. The number of benzene rings is 2. The summed E-state index contributed by atoms with van der Waals surface area (Å²) in [6.07, 6.45) is 1.02. The second-order valence-corrected chi connectivity index (χ2v) is 9.41. The van der Waals surface area contributed by atoms with Gasteiger partial charge in [0, 0.05) is 23.1 Å². The fraction of sp³-hybridized carbons (Fsp3) is 0.435. The lowest BCUT2D eigenvalue weighted by molar-refractivity contribution is -0.463. The predicted molar refractivity (Wildman–Crippen MR) is 115 cm³/mol. The molecule has 4 rings (SSSR count). The summed E-state index contributed by atoms with van der Waals surface area (Å²) in [4.78, 5) is 27.0. The molecule has 1 amide bonds. The number of nitrogens with zero attached hydrogens (tertiary/aromatic N) is 1. The molecular weight excluding hydrogens is 450 g/mol. The molecule has 0 aliphatic carbocycles. The number of carbonyl (C=O) groups is 1. The van der Waals surface area contributed by atoms with E-state index in [9.17, 15) is 4.79 Å². The largest absolute Gasteiger partial charge is 0.352 e. The van der Waals surface area contributed by atoms with Crippen molar-refractivity contribution in [1.82, 2.24) is 0 Å². The molecule has 2 aromatic rings. The van der Waals surface area contributed by atoms with E-state index in [-0.39, 0.29) is 5.91 Å². The van der Waals surface area contributed by atoms with Gasteiger partial charge in [-0.2, -0.15) is 4.89 Å². The van der Waals surface area contributed by atoms with Crippen LogP contribution in [0, 0.1) is 0 Å². The van der Waals surface area contributed by atoms with Gasteiger partial charge in [-0.05, 0) is 51.0 Å². The molecule has 2 aromatic carbocycles. The lowest BCUT2D eigenvalue weighted by Gasteiger charge is -2.32. The number of hydrogen-bond donors (Lipinski definition) is 0. The van der Waals surface area contributed by atoms with E-state index in [1.54, 1.807) is 4.90 Å². The summed E-state index contributed by atoms with van der Waals surface area (Å²) in [6, 6.07) is 15.5. The van der Waals surface area contributed by atoms with Gasteiger partial charge in [-0.1, -0.05) is 46.3 Å². The Labute approximate surface area is 185 Å².